The molecule has 33 heavy (non-hydrogen) atoms. The summed E-state index contributed by atoms with van der Waals surface area (Å²) in [6.45, 7) is 1.73. The molecule has 0 radical (unpaired) electrons. The first-order chi connectivity index (χ1) is 15.6. The molecule has 0 bridgehead atoms. The number of aromatic amines is 1. The van der Waals surface area contributed by atoms with Gasteiger partial charge < -0.3 is 4.98 Å². The minimum absolute atomic E-state index is 0.0876. The predicted molar refractivity (Wildman–Crippen MR) is 126 cm³/mol. The van der Waals surface area contributed by atoms with Crippen LogP contribution in [0.5, 0.6) is 0 Å². The molecule has 2 aromatic carbocycles. The molecule has 0 spiro atoms. The van der Waals surface area contributed by atoms with Crippen LogP contribution < -0.4 is 5.43 Å². The average molecular weight is 482 g/mol. The maximum atomic E-state index is 15.1. The van der Waals surface area contributed by atoms with Gasteiger partial charge >= 0.3 is 0 Å². The fourth-order valence-corrected chi connectivity index (χ4v) is 5.02. The molecule has 0 unspecified atom stereocenters. The number of nitrogens with one attached hydrogen (secondary N) is 1. The molecule has 2 heterocycles. The Hall–Kier alpha value is -3.54. The van der Waals surface area contributed by atoms with Crippen LogP contribution >= 0.6 is 11.6 Å². The predicted octanol–water partition coefficient (Wildman–Crippen LogP) is 4.77. The zero-order valence-electron chi connectivity index (χ0n) is 17.6. The van der Waals surface area contributed by atoms with E-state index in [9.17, 15) is 18.5 Å². The second-order valence-electron chi connectivity index (χ2n) is 7.73. The quantitative estimate of drug-likeness (QED) is 0.452. The number of halogens is 2. The Morgan fingerprint density at radius 2 is 1.94 bits per heavy atom. The summed E-state index contributed by atoms with van der Waals surface area (Å²) in [5.41, 5.74) is 2.20. The molecule has 4 aromatic rings. The van der Waals surface area contributed by atoms with Gasteiger partial charge in [-0.1, -0.05) is 23.7 Å². The van der Waals surface area contributed by atoms with Crippen molar-refractivity contribution in [2.45, 2.75) is 12.7 Å². The lowest BCUT2D eigenvalue weighted by Gasteiger charge is -2.15. The molecule has 0 fully saturated rings. The number of hydrogen-bond acceptors (Lipinski definition) is 5. The van der Waals surface area contributed by atoms with E-state index in [-0.39, 0.29) is 38.7 Å². The van der Waals surface area contributed by atoms with Gasteiger partial charge in [-0.05, 0) is 47.9 Å². The molecular weight excluding hydrogens is 465 g/mol. The molecule has 0 amide bonds. The third-order valence-electron chi connectivity index (χ3n) is 5.25. The molecule has 0 saturated carbocycles. The van der Waals surface area contributed by atoms with Crippen molar-refractivity contribution in [3.63, 3.8) is 0 Å². The first kappa shape index (κ1) is 22.6. The summed E-state index contributed by atoms with van der Waals surface area (Å²) in [5, 5.41) is 9.78. The third-order valence-corrected chi connectivity index (χ3v) is 6.40. The van der Waals surface area contributed by atoms with E-state index in [0.29, 0.717) is 27.6 Å². The Kier molecular flexibility index (Phi) is 5.78. The van der Waals surface area contributed by atoms with E-state index in [0.717, 1.165) is 6.26 Å². The maximum Gasteiger partial charge on any atom is 0.191 e. The van der Waals surface area contributed by atoms with E-state index >= 15 is 4.39 Å². The highest BCUT2D eigenvalue weighted by Gasteiger charge is 2.20. The molecule has 0 saturated heterocycles. The van der Waals surface area contributed by atoms with Crippen molar-refractivity contribution in [3.8, 4) is 28.5 Å². The van der Waals surface area contributed by atoms with E-state index in [4.69, 9.17) is 11.6 Å². The molecule has 1 N–H and O–H groups in total. The van der Waals surface area contributed by atoms with Crippen LogP contribution in [0.15, 0.2) is 53.5 Å². The van der Waals surface area contributed by atoms with Crippen molar-refractivity contribution in [1.29, 1.82) is 5.26 Å². The summed E-state index contributed by atoms with van der Waals surface area (Å²) >= 11 is 6.45. The van der Waals surface area contributed by atoms with Gasteiger partial charge in [0.25, 0.3) is 0 Å². The summed E-state index contributed by atoms with van der Waals surface area (Å²) in [4.78, 5) is 19.9. The van der Waals surface area contributed by atoms with Gasteiger partial charge in [-0.2, -0.15) is 5.26 Å². The SMILES string of the molecule is Cc1cc(-c2cc3c(=O)cc[nH]c3nc2-c2cccc(C#N)c2F)cc(Cl)c1CS(C)(=O)=O. The Balaban J connectivity index is 2.06. The number of sulfone groups is 1. The number of aryl methyl sites for hydroxylation is 1. The number of nitrogens with zero attached hydrogens (tertiary/aromatic N) is 2. The van der Waals surface area contributed by atoms with E-state index < -0.39 is 15.7 Å². The van der Waals surface area contributed by atoms with Crippen LogP contribution in [-0.2, 0) is 15.6 Å². The summed E-state index contributed by atoms with van der Waals surface area (Å²) in [5.74, 6) is -0.956. The topological polar surface area (TPSA) is 104 Å². The normalized spacial score (nSPS) is 11.5. The third kappa shape index (κ3) is 4.38. The number of H-pyrrole nitrogens is 1. The number of hydrogen-bond donors (Lipinski definition) is 1. The lowest BCUT2D eigenvalue weighted by molar-refractivity contribution is 0.601. The van der Waals surface area contributed by atoms with Crippen LogP contribution in [0.25, 0.3) is 33.4 Å². The van der Waals surface area contributed by atoms with Gasteiger partial charge in [0.2, 0.25) is 0 Å². The molecule has 0 aliphatic heterocycles. The second kappa shape index (κ2) is 8.43. The standard InChI is InChI=1S/C24H17ClFN3O3S/c1-13-8-15(9-20(25)19(13)12-33(2,31)32)17-10-18-21(30)6-7-28-24(18)29-23(17)16-5-3-4-14(11-27)22(16)26/h3-10H,12H2,1-2H3,(H,28,29,30). The van der Waals surface area contributed by atoms with E-state index in [1.54, 1.807) is 31.2 Å². The fraction of sp³-hybridized carbons (Fsp3) is 0.125. The number of fused-ring (bicyclic) bond motifs is 1. The van der Waals surface area contributed by atoms with Crippen molar-refractivity contribution in [1.82, 2.24) is 9.97 Å². The summed E-state index contributed by atoms with van der Waals surface area (Å²) in [7, 11) is -3.32. The van der Waals surface area contributed by atoms with Crippen LogP contribution in [0.1, 0.15) is 16.7 Å². The fourth-order valence-electron chi connectivity index (χ4n) is 3.70. The lowest BCUT2D eigenvalue weighted by atomic mass is 9.94. The largest absolute Gasteiger partial charge is 0.346 e. The zero-order chi connectivity index (χ0) is 23.9. The summed E-state index contributed by atoms with van der Waals surface area (Å²) in [6.07, 6.45) is 2.57. The molecular formula is C24H17ClFN3O3S. The Labute approximate surface area is 194 Å². The molecule has 0 aliphatic rings. The number of nitriles is 1. The highest BCUT2D eigenvalue weighted by Crippen LogP contribution is 2.37. The smallest absolute Gasteiger partial charge is 0.191 e. The van der Waals surface area contributed by atoms with Gasteiger partial charge in [-0.3, -0.25) is 4.79 Å². The average Bonchev–Trinajstić information content (AvgIpc) is 2.75. The Morgan fingerprint density at radius 3 is 2.61 bits per heavy atom. The van der Waals surface area contributed by atoms with Gasteiger partial charge in [-0.25, -0.2) is 17.8 Å². The van der Waals surface area contributed by atoms with Crippen molar-refractivity contribution < 1.29 is 12.8 Å². The lowest BCUT2D eigenvalue weighted by Crippen LogP contribution is -2.05. The van der Waals surface area contributed by atoms with Gasteiger partial charge in [0.05, 0.1) is 22.4 Å². The van der Waals surface area contributed by atoms with Crippen molar-refractivity contribution in [2.75, 3.05) is 6.26 Å². The van der Waals surface area contributed by atoms with Crippen molar-refractivity contribution >= 4 is 32.5 Å². The van der Waals surface area contributed by atoms with Crippen LogP contribution in [-0.4, -0.2) is 24.6 Å². The number of benzene rings is 2. The maximum absolute atomic E-state index is 15.1. The minimum Gasteiger partial charge on any atom is -0.346 e. The number of pyridine rings is 2. The second-order valence-corrected chi connectivity index (χ2v) is 10.3. The molecule has 0 aliphatic carbocycles. The zero-order valence-corrected chi connectivity index (χ0v) is 19.2. The first-order valence-corrected chi connectivity index (χ1v) is 12.2. The van der Waals surface area contributed by atoms with Gasteiger partial charge in [0.15, 0.2) is 15.3 Å². The van der Waals surface area contributed by atoms with Gasteiger partial charge in [0, 0.05) is 34.7 Å². The van der Waals surface area contributed by atoms with Crippen LogP contribution in [0.4, 0.5) is 4.39 Å². The van der Waals surface area contributed by atoms with E-state index in [2.05, 4.69) is 9.97 Å². The molecule has 9 heteroatoms. The molecule has 4 rings (SSSR count). The molecule has 0 atom stereocenters. The van der Waals surface area contributed by atoms with Gasteiger partial charge in [-0.15, -0.1) is 0 Å². The molecule has 166 valence electrons. The molecule has 2 aromatic heterocycles. The van der Waals surface area contributed by atoms with Crippen LogP contribution in [0, 0.1) is 24.1 Å². The Morgan fingerprint density at radius 1 is 1.18 bits per heavy atom. The number of aromatic nitrogens is 2. The van der Waals surface area contributed by atoms with Gasteiger partial charge in [0.1, 0.15) is 17.5 Å². The van der Waals surface area contributed by atoms with Crippen LogP contribution in [0.2, 0.25) is 5.02 Å². The monoisotopic (exact) mass is 481 g/mol. The van der Waals surface area contributed by atoms with Crippen LogP contribution in [0.3, 0.4) is 0 Å². The van der Waals surface area contributed by atoms with Crippen molar-refractivity contribution in [3.05, 3.63) is 86.4 Å². The molecule has 6 nitrogen and oxygen atoms in total. The summed E-state index contributed by atoms with van der Waals surface area (Å²) in [6, 6.07) is 12.5. The van der Waals surface area contributed by atoms with E-state index in [1.807, 2.05) is 6.07 Å². The minimum atomic E-state index is -3.32. The first-order valence-electron chi connectivity index (χ1n) is 9.77. The highest BCUT2D eigenvalue weighted by atomic mass is 35.5. The Bertz CT molecular complexity index is 1620. The highest BCUT2D eigenvalue weighted by molar-refractivity contribution is 7.89. The van der Waals surface area contributed by atoms with E-state index in [1.165, 1.54) is 24.4 Å². The summed E-state index contributed by atoms with van der Waals surface area (Å²) < 4.78 is 38.7. The van der Waals surface area contributed by atoms with Crippen molar-refractivity contribution in [2.24, 2.45) is 0 Å². The number of rotatable bonds is 4.